The van der Waals surface area contributed by atoms with Gasteiger partial charge in [0.1, 0.15) is 11.5 Å². The van der Waals surface area contributed by atoms with Crippen LogP contribution in [0, 0.1) is 0 Å². The van der Waals surface area contributed by atoms with Crippen molar-refractivity contribution in [3.63, 3.8) is 0 Å². The van der Waals surface area contributed by atoms with Gasteiger partial charge in [0.25, 0.3) is 0 Å². The Morgan fingerprint density at radius 3 is 2.32 bits per heavy atom. The topological polar surface area (TPSA) is 54.9 Å². The molecular formula is C21H25N3O3S. The summed E-state index contributed by atoms with van der Waals surface area (Å²) in [5, 5.41) is 0.712. The van der Waals surface area contributed by atoms with Crippen LogP contribution in [0.15, 0.2) is 42.5 Å². The molecule has 6 nitrogen and oxygen atoms in total. The Bertz CT molecular complexity index is 938. The van der Waals surface area contributed by atoms with E-state index in [9.17, 15) is 4.79 Å². The van der Waals surface area contributed by atoms with Crippen LogP contribution >= 0.6 is 11.3 Å². The standard InChI is InChI=1S/C21H25N3O3S/c1-23(2)11-12-24(20(25)13-15-5-7-16(26-3)8-6-15)21-22-18-10-9-17(27-4)14-19(18)28-21/h5-10,14H,11-13H2,1-4H3. The molecular weight excluding hydrogens is 374 g/mol. The number of thiazole rings is 1. The van der Waals surface area contributed by atoms with E-state index < -0.39 is 0 Å². The highest BCUT2D eigenvalue weighted by atomic mass is 32.1. The number of carbonyl (C=O) groups is 1. The Hall–Kier alpha value is -2.64. The third-order valence-corrected chi connectivity index (χ3v) is 5.44. The quantitative estimate of drug-likeness (QED) is 0.581. The van der Waals surface area contributed by atoms with Gasteiger partial charge in [0.05, 0.1) is 30.9 Å². The SMILES string of the molecule is COc1ccc(CC(=O)N(CCN(C)C)c2nc3ccc(OC)cc3s2)cc1. The molecule has 1 heterocycles. The summed E-state index contributed by atoms with van der Waals surface area (Å²) >= 11 is 1.51. The van der Waals surface area contributed by atoms with Crippen molar-refractivity contribution in [1.82, 2.24) is 9.88 Å². The molecule has 0 fully saturated rings. The van der Waals surface area contributed by atoms with Crippen LogP contribution in [0.4, 0.5) is 5.13 Å². The number of likely N-dealkylation sites (N-methyl/N-ethyl adjacent to an activating group) is 1. The van der Waals surface area contributed by atoms with Crippen molar-refractivity contribution in [2.75, 3.05) is 46.3 Å². The molecule has 0 atom stereocenters. The summed E-state index contributed by atoms with van der Waals surface area (Å²) in [6.07, 6.45) is 0.316. The van der Waals surface area contributed by atoms with Crippen LogP contribution in [-0.4, -0.2) is 57.2 Å². The minimum absolute atomic E-state index is 0.0260. The van der Waals surface area contributed by atoms with Crippen LogP contribution in [0.5, 0.6) is 11.5 Å². The summed E-state index contributed by atoms with van der Waals surface area (Å²) in [5.74, 6) is 1.59. The Labute approximate surface area is 169 Å². The van der Waals surface area contributed by atoms with Gasteiger partial charge in [-0.1, -0.05) is 23.5 Å². The van der Waals surface area contributed by atoms with Gasteiger partial charge in [-0.15, -0.1) is 0 Å². The van der Waals surface area contributed by atoms with Gasteiger partial charge in [0.2, 0.25) is 5.91 Å². The number of benzene rings is 2. The third kappa shape index (κ3) is 4.79. The Morgan fingerprint density at radius 1 is 1.00 bits per heavy atom. The van der Waals surface area contributed by atoms with Crippen LogP contribution < -0.4 is 14.4 Å². The van der Waals surface area contributed by atoms with Gasteiger partial charge in [0.15, 0.2) is 5.13 Å². The first-order valence-electron chi connectivity index (χ1n) is 9.02. The smallest absolute Gasteiger partial charge is 0.233 e. The average molecular weight is 400 g/mol. The van der Waals surface area contributed by atoms with E-state index in [1.54, 1.807) is 19.1 Å². The Balaban J connectivity index is 1.85. The van der Waals surface area contributed by atoms with E-state index in [4.69, 9.17) is 9.47 Å². The normalized spacial score (nSPS) is 11.0. The fraction of sp³-hybridized carbons (Fsp3) is 0.333. The highest BCUT2D eigenvalue weighted by molar-refractivity contribution is 7.22. The highest BCUT2D eigenvalue weighted by Gasteiger charge is 2.20. The summed E-state index contributed by atoms with van der Waals surface area (Å²) in [7, 11) is 7.26. The molecule has 0 aliphatic heterocycles. The zero-order valence-electron chi connectivity index (χ0n) is 16.6. The average Bonchev–Trinajstić information content (AvgIpc) is 3.11. The number of rotatable bonds is 8. The number of methoxy groups -OCH3 is 2. The van der Waals surface area contributed by atoms with Gasteiger partial charge in [-0.25, -0.2) is 4.98 Å². The second-order valence-electron chi connectivity index (χ2n) is 6.70. The van der Waals surface area contributed by atoms with Gasteiger partial charge in [-0.3, -0.25) is 9.69 Å². The van der Waals surface area contributed by atoms with Crippen molar-refractivity contribution in [3.05, 3.63) is 48.0 Å². The molecule has 7 heteroatoms. The van der Waals surface area contributed by atoms with Crippen LogP contribution in [0.1, 0.15) is 5.56 Å². The minimum atomic E-state index is 0.0260. The first-order chi connectivity index (χ1) is 13.5. The third-order valence-electron chi connectivity index (χ3n) is 4.40. The summed E-state index contributed by atoms with van der Waals surface area (Å²) in [6, 6.07) is 13.3. The fourth-order valence-corrected chi connectivity index (χ4v) is 3.81. The van der Waals surface area contributed by atoms with Crippen molar-refractivity contribution >= 4 is 32.6 Å². The number of fused-ring (bicyclic) bond motifs is 1. The zero-order valence-corrected chi connectivity index (χ0v) is 17.5. The van der Waals surface area contributed by atoms with Crippen molar-refractivity contribution in [2.45, 2.75) is 6.42 Å². The van der Waals surface area contributed by atoms with Crippen LogP contribution in [0.25, 0.3) is 10.2 Å². The van der Waals surface area contributed by atoms with E-state index in [1.165, 1.54) is 11.3 Å². The largest absolute Gasteiger partial charge is 0.497 e. The number of anilines is 1. The van der Waals surface area contributed by atoms with E-state index in [2.05, 4.69) is 9.88 Å². The van der Waals surface area contributed by atoms with Gasteiger partial charge in [0, 0.05) is 13.1 Å². The predicted molar refractivity (Wildman–Crippen MR) is 114 cm³/mol. The molecule has 0 unspecified atom stereocenters. The monoisotopic (exact) mass is 399 g/mol. The van der Waals surface area contributed by atoms with Crippen molar-refractivity contribution in [2.24, 2.45) is 0 Å². The zero-order chi connectivity index (χ0) is 20.1. The van der Waals surface area contributed by atoms with Gasteiger partial charge in [-0.2, -0.15) is 0 Å². The number of aromatic nitrogens is 1. The van der Waals surface area contributed by atoms with E-state index >= 15 is 0 Å². The molecule has 28 heavy (non-hydrogen) atoms. The van der Waals surface area contributed by atoms with E-state index in [0.29, 0.717) is 18.1 Å². The molecule has 1 amide bonds. The number of nitrogens with zero attached hydrogens (tertiary/aromatic N) is 3. The van der Waals surface area contributed by atoms with Crippen LogP contribution in [0.2, 0.25) is 0 Å². The van der Waals surface area contributed by atoms with Gasteiger partial charge >= 0.3 is 0 Å². The van der Waals surface area contributed by atoms with Gasteiger partial charge in [-0.05, 0) is 50.0 Å². The molecule has 148 valence electrons. The maximum atomic E-state index is 13.1. The molecule has 0 bridgehead atoms. The number of ether oxygens (including phenoxy) is 2. The van der Waals surface area contributed by atoms with Crippen molar-refractivity contribution in [1.29, 1.82) is 0 Å². The molecule has 0 N–H and O–H groups in total. The number of hydrogen-bond donors (Lipinski definition) is 0. The maximum Gasteiger partial charge on any atom is 0.233 e. The second kappa shape index (κ2) is 9.03. The Morgan fingerprint density at radius 2 is 1.68 bits per heavy atom. The first-order valence-corrected chi connectivity index (χ1v) is 9.84. The van der Waals surface area contributed by atoms with Crippen molar-refractivity contribution in [3.8, 4) is 11.5 Å². The van der Waals surface area contributed by atoms with Crippen LogP contribution in [-0.2, 0) is 11.2 Å². The lowest BCUT2D eigenvalue weighted by molar-refractivity contribution is -0.118. The fourth-order valence-electron chi connectivity index (χ4n) is 2.78. The molecule has 1 aromatic heterocycles. The molecule has 0 aliphatic carbocycles. The lowest BCUT2D eigenvalue weighted by Crippen LogP contribution is -2.37. The minimum Gasteiger partial charge on any atom is -0.497 e. The molecule has 0 aliphatic rings. The number of carbonyl (C=O) groups excluding carboxylic acids is 1. The molecule has 0 saturated heterocycles. The summed E-state index contributed by atoms with van der Waals surface area (Å²) in [5.41, 5.74) is 1.82. The number of hydrogen-bond acceptors (Lipinski definition) is 6. The molecule has 0 radical (unpaired) electrons. The molecule has 2 aromatic carbocycles. The van der Waals surface area contributed by atoms with Gasteiger partial charge < -0.3 is 14.4 Å². The predicted octanol–water partition coefficient (Wildman–Crippen LogP) is 3.45. The number of amides is 1. The Kier molecular flexibility index (Phi) is 6.49. The van der Waals surface area contributed by atoms with Crippen molar-refractivity contribution < 1.29 is 14.3 Å². The molecule has 0 saturated carbocycles. The molecule has 3 rings (SSSR count). The van der Waals surface area contributed by atoms with E-state index in [0.717, 1.165) is 33.8 Å². The molecule has 3 aromatic rings. The lowest BCUT2D eigenvalue weighted by atomic mass is 10.1. The summed E-state index contributed by atoms with van der Waals surface area (Å²) < 4.78 is 11.5. The summed E-state index contributed by atoms with van der Waals surface area (Å²) in [6.45, 7) is 1.34. The first kappa shape index (κ1) is 20.1. The maximum absolute atomic E-state index is 13.1. The summed E-state index contributed by atoms with van der Waals surface area (Å²) in [4.78, 5) is 21.6. The van der Waals surface area contributed by atoms with E-state index in [-0.39, 0.29) is 5.91 Å². The van der Waals surface area contributed by atoms with Crippen LogP contribution in [0.3, 0.4) is 0 Å². The van der Waals surface area contributed by atoms with E-state index in [1.807, 2.05) is 56.6 Å². The second-order valence-corrected chi connectivity index (χ2v) is 7.71. The molecule has 0 spiro atoms. The lowest BCUT2D eigenvalue weighted by Gasteiger charge is -2.22. The highest BCUT2D eigenvalue weighted by Crippen LogP contribution is 2.31.